The van der Waals surface area contributed by atoms with Gasteiger partial charge in [0.1, 0.15) is 5.02 Å². The molecule has 0 aliphatic carbocycles. The molecule has 5 nitrogen and oxygen atoms in total. The summed E-state index contributed by atoms with van der Waals surface area (Å²) in [6.45, 7) is 7.43. The molecule has 2 heterocycles. The predicted molar refractivity (Wildman–Crippen MR) is 84.1 cm³/mol. The van der Waals surface area contributed by atoms with E-state index in [1.54, 1.807) is 6.20 Å². The van der Waals surface area contributed by atoms with Gasteiger partial charge in [0.2, 0.25) is 5.95 Å². The monoisotopic (exact) mass is 297 g/mol. The van der Waals surface area contributed by atoms with Crippen molar-refractivity contribution in [2.45, 2.75) is 58.5 Å². The molecule has 1 aromatic rings. The smallest absolute Gasteiger partial charge is 0.224 e. The van der Waals surface area contributed by atoms with Gasteiger partial charge in [-0.3, -0.25) is 0 Å². The van der Waals surface area contributed by atoms with Crippen molar-refractivity contribution in [1.29, 1.82) is 0 Å². The maximum atomic E-state index is 6.20. The average Bonchev–Trinajstić information content (AvgIpc) is 2.43. The zero-order valence-corrected chi connectivity index (χ0v) is 13.2. The van der Waals surface area contributed by atoms with Gasteiger partial charge in [-0.15, -0.1) is 0 Å². The lowest BCUT2D eigenvalue weighted by Crippen LogP contribution is -2.47. The van der Waals surface area contributed by atoms with Crippen LogP contribution in [0.2, 0.25) is 5.02 Å². The molecule has 112 valence electrons. The zero-order chi connectivity index (χ0) is 14.5. The van der Waals surface area contributed by atoms with Crippen molar-refractivity contribution in [3.8, 4) is 0 Å². The van der Waals surface area contributed by atoms with Crippen molar-refractivity contribution in [1.82, 2.24) is 15.0 Å². The fraction of sp³-hybridized carbons (Fsp3) is 0.714. The molecule has 1 saturated heterocycles. The maximum absolute atomic E-state index is 6.20. The van der Waals surface area contributed by atoms with E-state index in [0.29, 0.717) is 28.9 Å². The Hall–Kier alpha value is -1.07. The Morgan fingerprint density at radius 3 is 2.70 bits per heavy atom. The number of hydrogen-bond donors (Lipinski definition) is 2. The van der Waals surface area contributed by atoms with Crippen LogP contribution in [-0.2, 0) is 0 Å². The minimum atomic E-state index is 0.483. The first-order chi connectivity index (χ1) is 9.61. The van der Waals surface area contributed by atoms with Crippen molar-refractivity contribution in [2.75, 3.05) is 17.3 Å². The van der Waals surface area contributed by atoms with E-state index in [0.717, 1.165) is 13.0 Å². The Kier molecular flexibility index (Phi) is 5.43. The Bertz CT molecular complexity index is 430. The van der Waals surface area contributed by atoms with E-state index in [1.165, 1.54) is 19.3 Å². The molecular weight excluding hydrogens is 274 g/mol. The highest BCUT2D eigenvalue weighted by Crippen LogP contribution is 2.26. The van der Waals surface area contributed by atoms with Crippen molar-refractivity contribution < 1.29 is 0 Å². The quantitative estimate of drug-likeness (QED) is 0.870. The van der Waals surface area contributed by atoms with E-state index in [4.69, 9.17) is 11.6 Å². The van der Waals surface area contributed by atoms with Gasteiger partial charge in [-0.25, -0.2) is 9.99 Å². The van der Waals surface area contributed by atoms with Crippen molar-refractivity contribution >= 4 is 23.4 Å². The molecule has 0 saturated carbocycles. The highest BCUT2D eigenvalue weighted by molar-refractivity contribution is 6.32. The molecule has 0 aromatic carbocycles. The van der Waals surface area contributed by atoms with Crippen LogP contribution >= 0.6 is 11.6 Å². The molecule has 20 heavy (non-hydrogen) atoms. The van der Waals surface area contributed by atoms with E-state index >= 15 is 0 Å². The van der Waals surface area contributed by atoms with Gasteiger partial charge in [-0.1, -0.05) is 24.9 Å². The van der Waals surface area contributed by atoms with Crippen LogP contribution in [0.15, 0.2) is 6.20 Å². The Labute approximate surface area is 126 Å². The molecule has 1 fully saturated rings. The summed E-state index contributed by atoms with van der Waals surface area (Å²) < 4.78 is 0. The molecule has 1 aliphatic heterocycles. The van der Waals surface area contributed by atoms with Gasteiger partial charge >= 0.3 is 0 Å². The molecule has 2 N–H and O–H groups in total. The van der Waals surface area contributed by atoms with Crippen LogP contribution in [-0.4, -0.2) is 33.6 Å². The summed E-state index contributed by atoms with van der Waals surface area (Å²) in [6.07, 6.45) is 6.35. The highest BCUT2D eigenvalue weighted by Gasteiger charge is 2.25. The molecule has 1 aliphatic rings. The SMILES string of the molecule is CCCNc1ncc(Cl)c(NN2C(C)CCCC2C)n1. The highest BCUT2D eigenvalue weighted by atomic mass is 35.5. The van der Waals surface area contributed by atoms with Gasteiger partial charge in [0.05, 0.1) is 6.20 Å². The van der Waals surface area contributed by atoms with Crippen LogP contribution in [0, 0.1) is 0 Å². The van der Waals surface area contributed by atoms with Crippen molar-refractivity contribution in [3.05, 3.63) is 11.2 Å². The second-order valence-electron chi connectivity index (χ2n) is 5.46. The van der Waals surface area contributed by atoms with E-state index < -0.39 is 0 Å². The summed E-state index contributed by atoms with van der Waals surface area (Å²) in [5.74, 6) is 1.30. The third-order valence-electron chi connectivity index (χ3n) is 3.71. The molecule has 6 heteroatoms. The van der Waals surface area contributed by atoms with E-state index in [1.807, 2.05) is 0 Å². The van der Waals surface area contributed by atoms with Gasteiger partial charge in [0.25, 0.3) is 0 Å². The number of rotatable bonds is 5. The standard InChI is InChI=1S/C14H24ClN5/c1-4-8-16-14-17-9-12(15)13(18-14)19-20-10(2)6-5-7-11(20)3/h9-11H,4-8H2,1-3H3,(H2,16,17,18,19). The van der Waals surface area contributed by atoms with Gasteiger partial charge in [-0.05, 0) is 33.1 Å². The van der Waals surface area contributed by atoms with Crippen LogP contribution < -0.4 is 10.7 Å². The number of nitrogens with one attached hydrogen (secondary N) is 2. The average molecular weight is 298 g/mol. The van der Waals surface area contributed by atoms with Crippen molar-refractivity contribution in [2.24, 2.45) is 0 Å². The molecule has 0 radical (unpaired) electrons. The molecule has 1 aromatic heterocycles. The second kappa shape index (κ2) is 7.09. The molecular formula is C14H24ClN5. The second-order valence-corrected chi connectivity index (χ2v) is 5.87. The lowest BCUT2D eigenvalue weighted by molar-refractivity contribution is 0.135. The number of hydrazine groups is 1. The largest absolute Gasteiger partial charge is 0.354 e. The summed E-state index contributed by atoms with van der Waals surface area (Å²) in [5.41, 5.74) is 3.38. The van der Waals surface area contributed by atoms with Gasteiger partial charge in [0.15, 0.2) is 5.82 Å². The minimum Gasteiger partial charge on any atom is -0.354 e. The van der Waals surface area contributed by atoms with E-state index in [-0.39, 0.29) is 0 Å². The van der Waals surface area contributed by atoms with Gasteiger partial charge in [-0.2, -0.15) is 4.98 Å². The number of piperidine rings is 1. The molecule has 0 spiro atoms. The topological polar surface area (TPSA) is 53.1 Å². The predicted octanol–water partition coefficient (Wildman–Crippen LogP) is 3.54. The summed E-state index contributed by atoms with van der Waals surface area (Å²) >= 11 is 6.20. The van der Waals surface area contributed by atoms with Crippen LogP contribution in [0.5, 0.6) is 0 Å². The van der Waals surface area contributed by atoms with Crippen LogP contribution in [0.1, 0.15) is 46.5 Å². The third-order valence-corrected chi connectivity index (χ3v) is 3.98. The number of anilines is 2. The number of nitrogens with zero attached hydrogens (tertiary/aromatic N) is 3. The first-order valence-electron chi connectivity index (χ1n) is 7.43. The Morgan fingerprint density at radius 1 is 1.35 bits per heavy atom. The molecule has 2 rings (SSSR count). The fourth-order valence-electron chi connectivity index (χ4n) is 2.53. The summed E-state index contributed by atoms with van der Waals surface area (Å²) in [5, 5.41) is 5.99. The molecule has 0 amide bonds. The lowest BCUT2D eigenvalue weighted by Gasteiger charge is -2.39. The molecule has 2 atom stereocenters. The third kappa shape index (κ3) is 3.73. The van der Waals surface area contributed by atoms with Crippen LogP contribution in [0.25, 0.3) is 0 Å². The lowest BCUT2D eigenvalue weighted by atomic mass is 10.00. The normalized spacial score (nSPS) is 23.6. The van der Waals surface area contributed by atoms with Crippen molar-refractivity contribution in [3.63, 3.8) is 0 Å². The van der Waals surface area contributed by atoms with E-state index in [2.05, 4.69) is 46.5 Å². The Balaban J connectivity index is 2.10. The van der Waals surface area contributed by atoms with Crippen LogP contribution in [0.3, 0.4) is 0 Å². The first-order valence-corrected chi connectivity index (χ1v) is 7.81. The van der Waals surface area contributed by atoms with Gasteiger partial charge < -0.3 is 10.7 Å². The summed E-state index contributed by atoms with van der Waals surface area (Å²) in [4.78, 5) is 8.66. The number of aromatic nitrogens is 2. The molecule has 0 bridgehead atoms. The molecule has 2 unspecified atom stereocenters. The number of halogens is 1. The van der Waals surface area contributed by atoms with Crippen LogP contribution in [0.4, 0.5) is 11.8 Å². The summed E-state index contributed by atoms with van der Waals surface area (Å²) in [7, 11) is 0. The van der Waals surface area contributed by atoms with E-state index in [9.17, 15) is 0 Å². The minimum absolute atomic E-state index is 0.483. The van der Waals surface area contributed by atoms with Gasteiger partial charge in [0, 0.05) is 18.6 Å². The fourth-order valence-corrected chi connectivity index (χ4v) is 2.66. The Morgan fingerprint density at radius 2 is 2.05 bits per heavy atom. The number of hydrogen-bond acceptors (Lipinski definition) is 5. The maximum Gasteiger partial charge on any atom is 0.224 e. The summed E-state index contributed by atoms with van der Waals surface area (Å²) in [6, 6.07) is 0.966. The first kappa shape index (κ1) is 15.3. The zero-order valence-electron chi connectivity index (χ0n) is 12.5.